The van der Waals surface area contributed by atoms with Crippen molar-refractivity contribution in [1.82, 2.24) is 19.7 Å². The molecule has 0 saturated carbocycles. The van der Waals surface area contributed by atoms with Gasteiger partial charge in [-0.05, 0) is 36.6 Å². The molecule has 10 nitrogen and oxygen atoms in total. The summed E-state index contributed by atoms with van der Waals surface area (Å²) in [6.45, 7) is 3.79. The number of urea groups is 1. The van der Waals surface area contributed by atoms with Gasteiger partial charge in [-0.25, -0.2) is 14.0 Å². The molecule has 0 unspecified atom stereocenters. The Balaban J connectivity index is 1.25. The lowest BCUT2D eigenvalue weighted by Crippen LogP contribution is -2.47. The third-order valence-corrected chi connectivity index (χ3v) is 7.41. The highest BCUT2D eigenvalue weighted by atomic mass is 35.5. The summed E-state index contributed by atoms with van der Waals surface area (Å²) in [5.74, 6) is -0.953. The van der Waals surface area contributed by atoms with Gasteiger partial charge in [-0.2, -0.15) is 0 Å². The molecule has 0 spiro atoms. The van der Waals surface area contributed by atoms with Gasteiger partial charge in [0, 0.05) is 49.9 Å². The topological polar surface area (TPSA) is 122 Å². The fourth-order valence-electron chi connectivity index (χ4n) is 5.18. The SMILES string of the molecule is NC(=O)n1cc(NC(=O)N2CCC[C@H]2C(=O)NCc2cc(CN3CCOCC3)cc(Cl)c2F)c2ccccc21. The number of hydrogen-bond donors (Lipinski definition) is 3. The van der Waals surface area contributed by atoms with Crippen molar-refractivity contribution < 1.29 is 23.5 Å². The molecule has 2 aliphatic heterocycles. The fourth-order valence-corrected chi connectivity index (χ4v) is 5.44. The Morgan fingerprint density at radius 3 is 2.67 bits per heavy atom. The van der Waals surface area contributed by atoms with Crippen molar-refractivity contribution in [1.29, 1.82) is 0 Å². The zero-order valence-corrected chi connectivity index (χ0v) is 22.0. The van der Waals surface area contributed by atoms with Gasteiger partial charge in [-0.3, -0.25) is 14.3 Å². The first-order valence-electron chi connectivity index (χ1n) is 12.8. The van der Waals surface area contributed by atoms with Crippen molar-refractivity contribution in [2.75, 3.05) is 38.2 Å². The maximum atomic E-state index is 14.8. The molecule has 2 saturated heterocycles. The summed E-state index contributed by atoms with van der Waals surface area (Å²) < 4.78 is 21.4. The minimum atomic E-state index is -0.718. The van der Waals surface area contributed by atoms with Gasteiger partial charge in [0.15, 0.2) is 0 Å². The van der Waals surface area contributed by atoms with Crippen molar-refractivity contribution >= 4 is 46.2 Å². The van der Waals surface area contributed by atoms with Gasteiger partial charge >= 0.3 is 12.1 Å². The van der Waals surface area contributed by atoms with Crippen molar-refractivity contribution in [2.24, 2.45) is 5.73 Å². The van der Waals surface area contributed by atoms with Crippen LogP contribution in [0.15, 0.2) is 42.6 Å². The van der Waals surface area contributed by atoms with E-state index in [1.807, 2.05) is 0 Å². The second kappa shape index (κ2) is 11.6. The summed E-state index contributed by atoms with van der Waals surface area (Å²) >= 11 is 6.16. The van der Waals surface area contributed by atoms with Gasteiger partial charge in [0.2, 0.25) is 5.91 Å². The highest BCUT2D eigenvalue weighted by Gasteiger charge is 2.34. The van der Waals surface area contributed by atoms with E-state index >= 15 is 0 Å². The van der Waals surface area contributed by atoms with E-state index < -0.39 is 23.9 Å². The first kappa shape index (κ1) is 26.9. The fraction of sp³-hybridized carbons (Fsp3) is 0.370. The smallest absolute Gasteiger partial charge is 0.323 e. The number of nitrogens with two attached hydrogens (primary N) is 1. The number of aromatic nitrogens is 1. The number of para-hydroxylation sites is 1. The average Bonchev–Trinajstić information content (AvgIpc) is 3.56. The maximum absolute atomic E-state index is 14.8. The van der Waals surface area contributed by atoms with Crippen LogP contribution < -0.4 is 16.4 Å². The summed E-state index contributed by atoms with van der Waals surface area (Å²) in [6, 6.07) is 8.51. The van der Waals surface area contributed by atoms with Crippen LogP contribution in [0.25, 0.3) is 10.9 Å². The first-order chi connectivity index (χ1) is 18.8. The first-order valence-corrected chi connectivity index (χ1v) is 13.2. The van der Waals surface area contributed by atoms with E-state index in [4.69, 9.17) is 22.1 Å². The van der Waals surface area contributed by atoms with Crippen molar-refractivity contribution in [3.63, 3.8) is 0 Å². The second-order valence-corrected chi connectivity index (χ2v) is 10.1. The average molecular weight is 557 g/mol. The van der Waals surface area contributed by atoms with Crippen LogP contribution in [-0.4, -0.2) is 71.2 Å². The number of amides is 4. The molecule has 3 aromatic rings. The Morgan fingerprint density at radius 2 is 1.90 bits per heavy atom. The molecule has 4 N–H and O–H groups in total. The zero-order chi connectivity index (χ0) is 27.5. The Kier molecular flexibility index (Phi) is 8.01. The molecule has 0 radical (unpaired) electrons. The molecular weight excluding hydrogens is 527 g/mol. The number of nitrogens with zero attached hydrogens (tertiary/aromatic N) is 3. The van der Waals surface area contributed by atoms with Crippen LogP contribution in [0.5, 0.6) is 0 Å². The molecular formula is C27H30ClFN6O4. The lowest BCUT2D eigenvalue weighted by atomic mass is 10.1. The molecule has 4 amide bonds. The molecule has 12 heteroatoms. The number of halogens is 2. The van der Waals surface area contributed by atoms with Crippen LogP contribution in [-0.2, 0) is 22.6 Å². The molecule has 5 rings (SSSR count). The highest BCUT2D eigenvalue weighted by molar-refractivity contribution is 6.30. The van der Waals surface area contributed by atoms with Gasteiger partial charge in [0.25, 0.3) is 0 Å². The van der Waals surface area contributed by atoms with Crippen LogP contribution in [0, 0.1) is 5.82 Å². The van der Waals surface area contributed by atoms with Crippen LogP contribution in [0.1, 0.15) is 24.0 Å². The van der Waals surface area contributed by atoms with Crippen LogP contribution in [0.3, 0.4) is 0 Å². The zero-order valence-electron chi connectivity index (χ0n) is 21.3. The number of anilines is 1. The largest absolute Gasteiger partial charge is 0.379 e. The van der Waals surface area contributed by atoms with Crippen LogP contribution in [0.4, 0.5) is 19.7 Å². The standard InChI is InChI=1S/C27H30ClFN6O4/c28-20-13-17(15-33-8-10-39-11-9-33)12-18(24(20)29)14-31-25(36)23-6-3-7-34(23)27(38)32-21-16-35(26(30)37)22-5-2-1-4-19(21)22/h1-2,4-5,12-13,16,23H,3,6-11,14-15H2,(H2,30,37)(H,31,36)(H,32,38)/t23-/m0/s1. The van der Waals surface area contributed by atoms with Crippen LogP contribution in [0.2, 0.25) is 5.02 Å². The Hall–Kier alpha value is -3.67. The van der Waals surface area contributed by atoms with Crippen molar-refractivity contribution in [2.45, 2.75) is 32.0 Å². The summed E-state index contributed by atoms with van der Waals surface area (Å²) in [5, 5.41) is 6.24. The summed E-state index contributed by atoms with van der Waals surface area (Å²) in [6.07, 6.45) is 2.58. The highest BCUT2D eigenvalue weighted by Crippen LogP contribution is 2.27. The minimum absolute atomic E-state index is 0.00186. The van der Waals surface area contributed by atoms with E-state index in [-0.39, 0.29) is 23.0 Å². The van der Waals surface area contributed by atoms with Gasteiger partial charge in [-0.15, -0.1) is 0 Å². The molecule has 1 atom stereocenters. The number of carbonyl (C=O) groups is 3. The lowest BCUT2D eigenvalue weighted by Gasteiger charge is -2.27. The number of carbonyl (C=O) groups excluding carboxylic acids is 3. The molecule has 0 aliphatic carbocycles. The Morgan fingerprint density at radius 1 is 1.13 bits per heavy atom. The number of primary amides is 1. The molecule has 2 aliphatic rings. The summed E-state index contributed by atoms with van der Waals surface area (Å²) in [5.41, 5.74) is 7.58. The monoisotopic (exact) mass is 556 g/mol. The minimum Gasteiger partial charge on any atom is -0.379 e. The molecule has 2 aromatic carbocycles. The van der Waals surface area contributed by atoms with Crippen LogP contribution >= 0.6 is 11.6 Å². The third kappa shape index (κ3) is 5.85. The predicted octanol–water partition coefficient (Wildman–Crippen LogP) is 3.51. The van der Waals surface area contributed by atoms with Gasteiger partial charge in [-0.1, -0.05) is 29.8 Å². The van der Waals surface area contributed by atoms with E-state index in [9.17, 15) is 18.8 Å². The second-order valence-electron chi connectivity index (χ2n) is 9.71. The van der Waals surface area contributed by atoms with Gasteiger partial charge < -0.3 is 26.0 Å². The van der Waals surface area contributed by atoms with E-state index in [1.54, 1.807) is 36.4 Å². The van der Waals surface area contributed by atoms with E-state index in [0.29, 0.717) is 55.7 Å². The maximum Gasteiger partial charge on any atom is 0.323 e. The molecule has 1 aromatic heterocycles. The molecule has 39 heavy (non-hydrogen) atoms. The van der Waals surface area contributed by atoms with E-state index in [2.05, 4.69) is 15.5 Å². The molecule has 206 valence electrons. The van der Waals surface area contributed by atoms with Gasteiger partial charge in [0.05, 0.1) is 29.4 Å². The number of fused-ring (bicyclic) bond motifs is 1. The summed E-state index contributed by atoms with van der Waals surface area (Å²) in [7, 11) is 0. The van der Waals surface area contributed by atoms with Gasteiger partial charge in [0.1, 0.15) is 11.9 Å². The number of ether oxygens (including phenoxy) is 1. The Bertz CT molecular complexity index is 1410. The van der Waals surface area contributed by atoms with Crippen molar-refractivity contribution in [3.05, 3.63) is 64.6 Å². The lowest BCUT2D eigenvalue weighted by molar-refractivity contribution is -0.124. The number of benzene rings is 2. The molecule has 2 fully saturated rings. The number of nitrogens with one attached hydrogen (secondary N) is 2. The quantitative estimate of drug-likeness (QED) is 0.429. The Labute approximate surface area is 229 Å². The predicted molar refractivity (Wildman–Crippen MR) is 145 cm³/mol. The van der Waals surface area contributed by atoms with E-state index in [1.165, 1.54) is 15.7 Å². The number of likely N-dealkylation sites (tertiary alicyclic amines) is 1. The number of hydrogen-bond acceptors (Lipinski definition) is 5. The number of morpholine rings is 1. The summed E-state index contributed by atoms with van der Waals surface area (Å²) in [4.78, 5) is 41.8. The molecule has 3 heterocycles. The van der Waals surface area contributed by atoms with E-state index in [0.717, 1.165) is 18.7 Å². The number of rotatable bonds is 6. The third-order valence-electron chi connectivity index (χ3n) is 7.13. The normalized spacial score (nSPS) is 17.9. The van der Waals surface area contributed by atoms with Crippen molar-refractivity contribution in [3.8, 4) is 0 Å². The molecule has 0 bridgehead atoms.